The summed E-state index contributed by atoms with van der Waals surface area (Å²) in [5.74, 6) is -3.24. The molecule has 0 aromatic carbocycles. The number of nitrogens with zero attached hydrogens (tertiary/aromatic N) is 2. The van der Waals surface area contributed by atoms with Gasteiger partial charge in [0.25, 0.3) is 0 Å². The van der Waals surface area contributed by atoms with E-state index in [4.69, 9.17) is 4.74 Å². The summed E-state index contributed by atoms with van der Waals surface area (Å²) in [5, 5.41) is 20.2. The van der Waals surface area contributed by atoms with E-state index in [2.05, 4.69) is 6.58 Å². The number of fused-ring (bicyclic) bond motifs is 1. The van der Waals surface area contributed by atoms with Gasteiger partial charge in [-0.05, 0) is 38.0 Å². The van der Waals surface area contributed by atoms with Crippen molar-refractivity contribution in [2.75, 3.05) is 13.2 Å². The second kappa shape index (κ2) is 9.37. The SMILES string of the molecule is C=CCN(C(=O)[C@@H]1N([C@@H](CO)CC(C)C)C(=O)[C@H]2[C@H](C(=O)O)[C@@H]3CC[C@]12O3)C1CCCCC1. The molecule has 4 rings (SSSR count). The molecule has 184 valence electrons. The molecule has 0 radical (unpaired) electrons. The van der Waals surface area contributed by atoms with Crippen LogP contribution in [-0.4, -0.2) is 80.8 Å². The fourth-order valence-electron chi connectivity index (χ4n) is 6.97. The number of carboxylic acids is 1. The Bertz CT molecular complexity index is 794. The maximum absolute atomic E-state index is 14.3. The number of carbonyl (C=O) groups is 3. The van der Waals surface area contributed by atoms with Crippen LogP contribution >= 0.6 is 0 Å². The highest BCUT2D eigenvalue weighted by Gasteiger charge is 2.75. The summed E-state index contributed by atoms with van der Waals surface area (Å²) >= 11 is 0. The van der Waals surface area contributed by atoms with Gasteiger partial charge in [-0.2, -0.15) is 0 Å². The van der Waals surface area contributed by atoms with Crippen LogP contribution in [-0.2, 0) is 19.1 Å². The van der Waals surface area contributed by atoms with Crippen LogP contribution in [0.4, 0.5) is 0 Å². The Labute approximate surface area is 195 Å². The molecule has 1 saturated carbocycles. The Morgan fingerprint density at radius 1 is 1.27 bits per heavy atom. The molecule has 0 aromatic rings. The number of carboxylic acid groups (broad SMARTS) is 1. The van der Waals surface area contributed by atoms with Crippen molar-refractivity contribution < 1.29 is 29.3 Å². The fraction of sp³-hybridized carbons (Fsp3) is 0.800. The van der Waals surface area contributed by atoms with E-state index in [1.165, 1.54) is 4.90 Å². The van der Waals surface area contributed by atoms with Crippen molar-refractivity contribution in [2.45, 2.75) is 95.0 Å². The van der Waals surface area contributed by atoms with Gasteiger partial charge >= 0.3 is 5.97 Å². The maximum Gasteiger partial charge on any atom is 0.310 e. The Morgan fingerprint density at radius 2 is 1.97 bits per heavy atom. The average molecular weight is 463 g/mol. The number of amides is 2. The van der Waals surface area contributed by atoms with Crippen molar-refractivity contribution >= 4 is 17.8 Å². The van der Waals surface area contributed by atoms with Gasteiger partial charge in [0.05, 0.1) is 30.6 Å². The molecule has 1 spiro atoms. The topological polar surface area (TPSA) is 107 Å². The number of aliphatic carboxylic acids is 1. The predicted octanol–water partition coefficient (Wildman–Crippen LogP) is 2.20. The third kappa shape index (κ3) is 3.89. The molecule has 0 unspecified atom stereocenters. The Morgan fingerprint density at radius 3 is 2.55 bits per heavy atom. The second-order valence-electron chi connectivity index (χ2n) is 10.7. The monoisotopic (exact) mass is 462 g/mol. The van der Waals surface area contributed by atoms with Gasteiger partial charge in [0.1, 0.15) is 11.6 Å². The Kier molecular flexibility index (Phi) is 6.87. The third-order valence-corrected chi connectivity index (χ3v) is 8.23. The molecule has 2 N–H and O–H groups in total. The quantitative estimate of drug-likeness (QED) is 0.509. The molecule has 8 heteroatoms. The molecule has 1 aliphatic carbocycles. The van der Waals surface area contributed by atoms with Crippen LogP contribution in [0, 0.1) is 17.8 Å². The van der Waals surface area contributed by atoms with Crippen molar-refractivity contribution in [3.8, 4) is 0 Å². The molecule has 2 amide bonds. The molecule has 6 atom stereocenters. The van der Waals surface area contributed by atoms with Crippen LogP contribution in [0.25, 0.3) is 0 Å². The van der Waals surface area contributed by atoms with Crippen LogP contribution in [0.3, 0.4) is 0 Å². The lowest BCUT2D eigenvalue weighted by atomic mass is 9.70. The minimum Gasteiger partial charge on any atom is -0.481 e. The lowest BCUT2D eigenvalue weighted by Gasteiger charge is -2.42. The minimum atomic E-state index is -1.14. The summed E-state index contributed by atoms with van der Waals surface area (Å²) in [5.41, 5.74) is -1.14. The first-order valence-electron chi connectivity index (χ1n) is 12.5. The molecule has 0 aromatic heterocycles. The zero-order valence-corrected chi connectivity index (χ0v) is 19.8. The smallest absolute Gasteiger partial charge is 0.310 e. The largest absolute Gasteiger partial charge is 0.481 e. The Balaban J connectivity index is 1.77. The fourth-order valence-corrected chi connectivity index (χ4v) is 6.97. The van der Waals surface area contributed by atoms with Gasteiger partial charge < -0.3 is 24.7 Å². The number of rotatable bonds is 9. The van der Waals surface area contributed by atoms with Gasteiger partial charge in [-0.1, -0.05) is 39.2 Å². The van der Waals surface area contributed by atoms with Gasteiger partial charge in [0.2, 0.25) is 11.8 Å². The standard InChI is InChI=1S/C25H38N2O6/c1-4-12-26(16-8-6-5-7-9-16)23(30)21-25-11-10-18(33-25)19(24(31)32)20(25)22(29)27(21)17(14-28)13-15(2)3/h4,15-21,28H,1,5-14H2,2-3H3,(H,31,32)/t17-,18+,19-,20-,21+,25-/m1/s1. The molecule has 2 bridgehead atoms. The Hall–Kier alpha value is -1.93. The number of ether oxygens (including phenoxy) is 1. The van der Waals surface area contributed by atoms with Gasteiger partial charge in [0, 0.05) is 12.6 Å². The lowest BCUT2D eigenvalue weighted by Crippen LogP contribution is -2.60. The summed E-state index contributed by atoms with van der Waals surface area (Å²) in [4.78, 5) is 43.6. The third-order valence-electron chi connectivity index (χ3n) is 8.23. The van der Waals surface area contributed by atoms with E-state index in [1.807, 2.05) is 18.7 Å². The van der Waals surface area contributed by atoms with Crippen LogP contribution in [0.15, 0.2) is 12.7 Å². The second-order valence-corrected chi connectivity index (χ2v) is 10.7. The summed E-state index contributed by atoms with van der Waals surface area (Å²) in [6.07, 6.45) is 7.79. The number of likely N-dealkylation sites (tertiary alicyclic amines) is 1. The normalized spacial score (nSPS) is 34.5. The van der Waals surface area contributed by atoms with Crippen molar-refractivity contribution in [1.82, 2.24) is 9.80 Å². The number of aliphatic hydroxyl groups excluding tert-OH is 1. The van der Waals surface area contributed by atoms with Crippen molar-refractivity contribution in [1.29, 1.82) is 0 Å². The van der Waals surface area contributed by atoms with Crippen molar-refractivity contribution in [2.24, 2.45) is 17.8 Å². The highest BCUT2D eigenvalue weighted by atomic mass is 16.5. The molecular weight excluding hydrogens is 424 g/mol. The number of hydrogen-bond donors (Lipinski definition) is 2. The number of hydrogen-bond acceptors (Lipinski definition) is 5. The summed E-state index contributed by atoms with van der Waals surface area (Å²) < 4.78 is 6.31. The van der Waals surface area contributed by atoms with E-state index in [9.17, 15) is 24.6 Å². The van der Waals surface area contributed by atoms with Crippen LogP contribution in [0.1, 0.15) is 65.2 Å². The van der Waals surface area contributed by atoms with Crippen LogP contribution < -0.4 is 0 Å². The maximum atomic E-state index is 14.3. The molecular formula is C25H38N2O6. The molecule has 4 aliphatic rings. The van der Waals surface area contributed by atoms with Crippen molar-refractivity contribution in [3.05, 3.63) is 12.7 Å². The number of carbonyl (C=O) groups excluding carboxylic acids is 2. The predicted molar refractivity (Wildman–Crippen MR) is 121 cm³/mol. The molecule has 3 aliphatic heterocycles. The van der Waals surface area contributed by atoms with Gasteiger partial charge in [-0.15, -0.1) is 6.58 Å². The van der Waals surface area contributed by atoms with Gasteiger partial charge in [-0.25, -0.2) is 0 Å². The van der Waals surface area contributed by atoms with E-state index in [0.717, 1.165) is 32.1 Å². The lowest BCUT2D eigenvalue weighted by molar-refractivity contribution is -0.154. The first-order chi connectivity index (χ1) is 15.8. The molecule has 33 heavy (non-hydrogen) atoms. The van der Waals surface area contributed by atoms with Crippen molar-refractivity contribution in [3.63, 3.8) is 0 Å². The van der Waals surface area contributed by atoms with E-state index < -0.39 is 41.6 Å². The highest BCUT2D eigenvalue weighted by Crippen LogP contribution is 2.59. The van der Waals surface area contributed by atoms with E-state index in [-0.39, 0.29) is 30.4 Å². The van der Waals surface area contributed by atoms with E-state index >= 15 is 0 Å². The first kappa shape index (κ1) is 24.2. The zero-order valence-electron chi connectivity index (χ0n) is 19.8. The van der Waals surface area contributed by atoms with Crippen LogP contribution in [0.2, 0.25) is 0 Å². The summed E-state index contributed by atoms with van der Waals surface area (Å²) in [6.45, 7) is 7.97. The summed E-state index contributed by atoms with van der Waals surface area (Å²) in [6, 6.07) is -1.40. The van der Waals surface area contributed by atoms with Crippen LogP contribution in [0.5, 0.6) is 0 Å². The summed E-state index contributed by atoms with van der Waals surface area (Å²) in [7, 11) is 0. The molecule has 8 nitrogen and oxygen atoms in total. The molecule has 3 saturated heterocycles. The zero-order chi connectivity index (χ0) is 23.9. The minimum absolute atomic E-state index is 0.0724. The van der Waals surface area contributed by atoms with E-state index in [1.54, 1.807) is 6.08 Å². The average Bonchev–Trinajstić information content (AvgIpc) is 3.43. The molecule has 4 fully saturated rings. The first-order valence-corrected chi connectivity index (χ1v) is 12.5. The number of aliphatic hydroxyl groups is 1. The van der Waals surface area contributed by atoms with E-state index in [0.29, 0.717) is 25.8 Å². The van der Waals surface area contributed by atoms with Gasteiger partial charge in [-0.3, -0.25) is 14.4 Å². The molecule has 3 heterocycles. The van der Waals surface area contributed by atoms with Gasteiger partial charge in [0.15, 0.2) is 0 Å². The highest BCUT2D eigenvalue weighted by molar-refractivity contribution is 5.98.